The molecular weight excluding hydrogens is 289 g/mol. The molecule has 0 radical (unpaired) electrons. The van der Waals surface area contributed by atoms with E-state index in [0.717, 1.165) is 11.4 Å². The van der Waals surface area contributed by atoms with Gasteiger partial charge >= 0.3 is 0 Å². The third kappa shape index (κ3) is 1.80. The largest absolute Gasteiger partial charge is 0.325 e. The van der Waals surface area contributed by atoms with Crippen LogP contribution in [0.1, 0.15) is 5.69 Å². The van der Waals surface area contributed by atoms with Crippen LogP contribution in [-0.2, 0) is 6.54 Å². The van der Waals surface area contributed by atoms with Crippen LogP contribution in [0.2, 0.25) is 0 Å². The lowest BCUT2D eigenvalue weighted by Crippen LogP contribution is -1.96. The third-order valence-electron chi connectivity index (χ3n) is 1.98. The molecular formula is C10H10IN3. The second-order valence-electron chi connectivity index (χ2n) is 2.93. The molecule has 4 heteroatoms. The maximum Gasteiger partial charge on any atom is 0.0996 e. The van der Waals surface area contributed by atoms with Crippen LogP contribution < -0.4 is 5.73 Å². The van der Waals surface area contributed by atoms with Gasteiger partial charge in [-0.1, -0.05) is 12.1 Å². The van der Waals surface area contributed by atoms with E-state index in [2.05, 4.69) is 39.7 Å². The Morgan fingerprint density at radius 2 is 2.14 bits per heavy atom. The van der Waals surface area contributed by atoms with Gasteiger partial charge in [-0.2, -0.15) is 0 Å². The number of rotatable bonds is 2. The number of nitrogens with two attached hydrogens (primary N) is 1. The van der Waals surface area contributed by atoms with E-state index in [9.17, 15) is 0 Å². The first kappa shape index (κ1) is 9.67. The summed E-state index contributed by atoms with van der Waals surface area (Å²) in [6.45, 7) is 0.483. The molecule has 0 amide bonds. The Morgan fingerprint density at radius 3 is 2.79 bits per heavy atom. The lowest BCUT2D eigenvalue weighted by molar-refractivity contribution is 1.01. The van der Waals surface area contributed by atoms with Crippen molar-refractivity contribution in [1.82, 2.24) is 9.55 Å². The Bertz CT molecular complexity index is 436. The highest BCUT2D eigenvalue weighted by Gasteiger charge is 2.01. The summed E-state index contributed by atoms with van der Waals surface area (Å²) in [4.78, 5) is 4.19. The number of benzene rings is 1. The molecule has 1 aromatic heterocycles. The maximum absolute atomic E-state index is 5.50. The van der Waals surface area contributed by atoms with Crippen molar-refractivity contribution >= 4 is 22.6 Å². The zero-order valence-electron chi connectivity index (χ0n) is 7.52. The molecule has 2 rings (SSSR count). The van der Waals surface area contributed by atoms with E-state index in [0.29, 0.717) is 6.54 Å². The molecule has 0 atom stereocenters. The summed E-state index contributed by atoms with van der Waals surface area (Å²) in [5, 5.41) is 0. The summed E-state index contributed by atoms with van der Waals surface area (Å²) in [6.07, 6.45) is 3.75. The number of hydrogen-bond acceptors (Lipinski definition) is 2. The van der Waals surface area contributed by atoms with E-state index in [1.165, 1.54) is 3.57 Å². The second-order valence-corrected chi connectivity index (χ2v) is 4.09. The van der Waals surface area contributed by atoms with Gasteiger partial charge < -0.3 is 10.3 Å². The molecule has 0 saturated heterocycles. The lowest BCUT2D eigenvalue weighted by Gasteiger charge is -2.03. The number of halogens is 1. The molecule has 3 nitrogen and oxygen atoms in total. The van der Waals surface area contributed by atoms with E-state index in [4.69, 9.17) is 5.73 Å². The number of nitrogens with zero attached hydrogens (tertiary/aromatic N) is 2. The molecule has 0 fully saturated rings. The van der Waals surface area contributed by atoms with Crippen molar-refractivity contribution in [3.8, 4) is 5.69 Å². The van der Waals surface area contributed by atoms with Gasteiger partial charge in [-0.3, -0.25) is 0 Å². The van der Waals surface area contributed by atoms with Crippen molar-refractivity contribution in [2.45, 2.75) is 6.54 Å². The fraction of sp³-hybridized carbons (Fsp3) is 0.100. The summed E-state index contributed by atoms with van der Waals surface area (Å²) in [5.41, 5.74) is 7.55. The molecule has 2 N–H and O–H groups in total. The van der Waals surface area contributed by atoms with E-state index in [-0.39, 0.29) is 0 Å². The zero-order chi connectivity index (χ0) is 9.97. The SMILES string of the molecule is NCc1cn(-c2ccccc2I)cn1. The van der Waals surface area contributed by atoms with E-state index >= 15 is 0 Å². The third-order valence-corrected chi connectivity index (χ3v) is 2.89. The molecule has 1 aromatic carbocycles. The Balaban J connectivity index is 2.44. The molecule has 1 heterocycles. The Hall–Kier alpha value is -0.880. The van der Waals surface area contributed by atoms with Crippen LogP contribution in [0.25, 0.3) is 5.69 Å². The summed E-state index contributed by atoms with van der Waals surface area (Å²) in [6, 6.07) is 8.16. The maximum atomic E-state index is 5.50. The van der Waals surface area contributed by atoms with Crippen LogP contribution in [0, 0.1) is 3.57 Å². The minimum Gasteiger partial charge on any atom is -0.325 e. The second kappa shape index (κ2) is 4.10. The quantitative estimate of drug-likeness (QED) is 0.861. The van der Waals surface area contributed by atoms with Crippen LogP contribution in [-0.4, -0.2) is 9.55 Å². The van der Waals surface area contributed by atoms with Gasteiger partial charge in [0.15, 0.2) is 0 Å². The van der Waals surface area contributed by atoms with Gasteiger partial charge in [0, 0.05) is 16.3 Å². The Kier molecular flexibility index (Phi) is 2.83. The minimum atomic E-state index is 0.483. The van der Waals surface area contributed by atoms with Crippen molar-refractivity contribution in [2.75, 3.05) is 0 Å². The molecule has 14 heavy (non-hydrogen) atoms. The van der Waals surface area contributed by atoms with Crippen molar-refractivity contribution < 1.29 is 0 Å². The van der Waals surface area contributed by atoms with Gasteiger partial charge in [0.2, 0.25) is 0 Å². The summed E-state index contributed by atoms with van der Waals surface area (Å²) < 4.78 is 3.19. The predicted molar refractivity (Wildman–Crippen MR) is 64.2 cm³/mol. The Morgan fingerprint density at radius 1 is 1.36 bits per heavy atom. The van der Waals surface area contributed by atoms with Crippen molar-refractivity contribution in [2.24, 2.45) is 5.73 Å². The molecule has 0 aliphatic heterocycles. The van der Waals surface area contributed by atoms with Gasteiger partial charge in [0.25, 0.3) is 0 Å². The Labute approximate surface area is 96.1 Å². The van der Waals surface area contributed by atoms with Crippen LogP contribution >= 0.6 is 22.6 Å². The summed E-state index contributed by atoms with van der Waals surface area (Å²) in [7, 11) is 0. The highest BCUT2D eigenvalue weighted by Crippen LogP contribution is 2.16. The van der Waals surface area contributed by atoms with Crippen molar-refractivity contribution in [3.05, 3.63) is 46.1 Å². The highest BCUT2D eigenvalue weighted by molar-refractivity contribution is 14.1. The van der Waals surface area contributed by atoms with E-state index in [1.807, 2.05) is 22.9 Å². The van der Waals surface area contributed by atoms with Crippen LogP contribution in [0.5, 0.6) is 0 Å². The smallest absolute Gasteiger partial charge is 0.0996 e. The first-order chi connectivity index (χ1) is 6.81. The molecule has 0 aliphatic carbocycles. The first-order valence-corrected chi connectivity index (χ1v) is 5.37. The van der Waals surface area contributed by atoms with E-state index in [1.54, 1.807) is 6.33 Å². The standard InChI is InChI=1S/C10H10IN3/c11-9-3-1-2-4-10(9)14-6-8(5-12)13-7-14/h1-4,6-7H,5,12H2. The number of para-hydroxylation sites is 1. The fourth-order valence-electron chi connectivity index (χ4n) is 1.26. The van der Waals surface area contributed by atoms with Gasteiger partial charge in [0.1, 0.15) is 0 Å². The number of hydrogen-bond donors (Lipinski definition) is 1. The van der Waals surface area contributed by atoms with Crippen LogP contribution in [0.4, 0.5) is 0 Å². The average Bonchev–Trinajstić information content (AvgIpc) is 2.67. The molecule has 0 spiro atoms. The van der Waals surface area contributed by atoms with E-state index < -0.39 is 0 Å². The molecule has 0 aliphatic rings. The molecule has 0 saturated carbocycles. The summed E-state index contributed by atoms with van der Waals surface area (Å²) >= 11 is 2.31. The van der Waals surface area contributed by atoms with Crippen molar-refractivity contribution in [3.63, 3.8) is 0 Å². The molecule has 2 aromatic rings. The van der Waals surface area contributed by atoms with Crippen molar-refractivity contribution in [1.29, 1.82) is 0 Å². The molecule has 72 valence electrons. The predicted octanol–water partition coefficient (Wildman–Crippen LogP) is 1.94. The molecule has 0 unspecified atom stereocenters. The number of imidazole rings is 1. The summed E-state index contributed by atoms with van der Waals surface area (Å²) in [5.74, 6) is 0. The zero-order valence-corrected chi connectivity index (χ0v) is 9.68. The topological polar surface area (TPSA) is 43.8 Å². The normalized spacial score (nSPS) is 10.4. The number of aromatic nitrogens is 2. The fourth-order valence-corrected chi connectivity index (χ4v) is 1.93. The minimum absolute atomic E-state index is 0.483. The lowest BCUT2D eigenvalue weighted by atomic mass is 10.3. The first-order valence-electron chi connectivity index (χ1n) is 4.29. The van der Waals surface area contributed by atoms with Crippen LogP contribution in [0.15, 0.2) is 36.8 Å². The van der Waals surface area contributed by atoms with Gasteiger partial charge in [-0.15, -0.1) is 0 Å². The van der Waals surface area contributed by atoms with Crippen LogP contribution in [0.3, 0.4) is 0 Å². The van der Waals surface area contributed by atoms with Gasteiger partial charge in [0.05, 0.1) is 17.7 Å². The highest BCUT2D eigenvalue weighted by atomic mass is 127. The molecule has 0 bridgehead atoms. The van der Waals surface area contributed by atoms with Gasteiger partial charge in [-0.05, 0) is 34.7 Å². The average molecular weight is 299 g/mol. The monoisotopic (exact) mass is 299 g/mol. The van der Waals surface area contributed by atoms with Gasteiger partial charge in [-0.25, -0.2) is 4.98 Å².